The summed E-state index contributed by atoms with van der Waals surface area (Å²) in [5.41, 5.74) is 0.589. The minimum atomic E-state index is -0.512. The highest BCUT2D eigenvalue weighted by Gasteiger charge is 2.21. The van der Waals surface area contributed by atoms with E-state index in [9.17, 15) is 9.59 Å². The second-order valence-corrected chi connectivity index (χ2v) is 5.41. The predicted octanol–water partition coefficient (Wildman–Crippen LogP) is 2.32. The Morgan fingerprint density at radius 1 is 1.26 bits per heavy atom. The van der Waals surface area contributed by atoms with Crippen LogP contribution in [0.5, 0.6) is 5.75 Å². The number of hydrogen-bond donors (Lipinski definition) is 1. The molecule has 1 N–H and O–H groups in total. The molecule has 0 aliphatic rings. The number of hydrogen-bond acceptors (Lipinski definition) is 3. The van der Waals surface area contributed by atoms with Crippen LogP contribution in [0.4, 0.5) is 0 Å². The summed E-state index contributed by atoms with van der Waals surface area (Å²) < 4.78 is 5.17. The molecule has 0 saturated heterocycles. The van der Waals surface area contributed by atoms with Gasteiger partial charge in [-0.15, -0.1) is 0 Å². The third kappa shape index (κ3) is 5.12. The second-order valence-electron chi connectivity index (χ2n) is 5.41. The minimum absolute atomic E-state index is 0.119. The summed E-state index contributed by atoms with van der Waals surface area (Å²) in [5, 5.41) is 2.56. The van der Waals surface area contributed by atoms with Gasteiger partial charge in [-0.05, 0) is 24.1 Å². The van der Waals surface area contributed by atoms with Crippen LogP contribution in [-0.2, 0) is 16.0 Å². The van der Waals surface area contributed by atoms with E-state index >= 15 is 0 Å². The third-order valence-corrected chi connectivity index (χ3v) is 2.61. The maximum Gasteiger partial charge on any atom is 0.330 e. The van der Waals surface area contributed by atoms with E-state index in [4.69, 9.17) is 4.74 Å². The van der Waals surface area contributed by atoms with Crippen molar-refractivity contribution in [3.63, 3.8) is 0 Å². The molecule has 104 valence electrons. The van der Waals surface area contributed by atoms with Crippen LogP contribution in [0.1, 0.15) is 33.3 Å². The molecule has 0 aliphatic carbocycles. The molecule has 1 aromatic carbocycles. The van der Waals surface area contributed by atoms with Gasteiger partial charge in [0.05, 0.1) is 0 Å². The van der Waals surface area contributed by atoms with Crippen LogP contribution in [0.15, 0.2) is 24.3 Å². The van der Waals surface area contributed by atoms with Crippen LogP contribution in [0.2, 0.25) is 0 Å². The highest BCUT2D eigenvalue weighted by molar-refractivity contribution is 5.85. The normalized spacial score (nSPS) is 10.9. The zero-order valence-corrected chi connectivity index (χ0v) is 11.9. The van der Waals surface area contributed by atoms with Crippen molar-refractivity contribution in [2.24, 2.45) is 5.41 Å². The van der Waals surface area contributed by atoms with Crippen LogP contribution in [0.25, 0.3) is 0 Å². The smallest absolute Gasteiger partial charge is 0.330 e. The van der Waals surface area contributed by atoms with E-state index in [1.807, 2.05) is 25.1 Å². The molecule has 0 unspecified atom stereocenters. The molecule has 4 nitrogen and oxygen atoms in total. The summed E-state index contributed by atoms with van der Waals surface area (Å²) in [4.78, 5) is 23.2. The van der Waals surface area contributed by atoms with Crippen molar-refractivity contribution < 1.29 is 14.3 Å². The first-order chi connectivity index (χ1) is 8.82. The number of rotatable bonds is 4. The van der Waals surface area contributed by atoms with Crippen LogP contribution in [0.3, 0.4) is 0 Å². The van der Waals surface area contributed by atoms with Gasteiger partial charge in [-0.25, -0.2) is 4.79 Å². The van der Waals surface area contributed by atoms with E-state index in [0.717, 1.165) is 12.0 Å². The molecule has 0 aromatic heterocycles. The lowest BCUT2D eigenvalue weighted by molar-refractivity contribution is -0.137. The first-order valence-corrected chi connectivity index (χ1v) is 6.41. The number of aryl methyl sites for hydroxylation is 1. The average Bonchev–Trinajstić information content (AvgIpc) is 2.35. The van der Waals surface area contributed by atoms with Gasteiger partial charge in [-0.2, -0.15) is 0 Å². The molecule has 0 aliphatic heterocycles. The monoisotopic (exact) mass is 263 g/mol. The molecule has 0 bridgehead atoms. The quantitative estimate of drug-likeness (QED) is 0.670. The summed E-state index contributed by atoms with van der Waals surface area (Å²) in [6.07, 6.45) is 0.881. The molecular formula is C15H21NO3. The molecular weight excluding hydrogens is 242 g/mol. The van der Waals surface area contributed by atoms with Gasteiger partial charge in [-0.3, -0.25) is 4.79 Å². The molecule has 4 heteroatoms. The number of esters is 1. The minimum Gasteiger partial charge on any atom is -0.425 e. The van der Waals surface area contributed by atoms with Gasteiger partial charge >= 0.3 is 5.97 Å². The number of nitrogens with one attached hydrogen (secondary N) is 1. The summed E-state index contributed by atoms with van der Waals surface area (Å²) in [6, 6.07) is 7.36. The van der Waals surface area contributed by atoms with E-state index < -0.39 is 11.4 Å². The zero-order valence-electron chi connectivity index (χ0n) is 11.9. The SMILES string of the molecule is CCc1cccc(OC(=O)CNC(=O)C(C)(C)C)c1. The highest BCUT2D eigenvalue weighted by Crippen LogP contribution is 2.14. The topological polar surface area (TPSA) is 55.4 Å². The third-order valence-electron chi connectivity index (χ3n) is 2.61. The predicted molar refractivity (Wildman–Crippen MR) is 73.9 cm³/mol. The lowest BCUT2D eigenvalue weighted by Crippen LogP contribution is -2.39. The number of ether oxygens (including phenoxy) is 1. The van der Waals surface area contributed by atoms with Crippen LogP contribution in [-0.4, -0.2) is 18.4 Å². The molecule has 0 fully saturated rings. The molecule has 1 amide bonds. The maximum absolute atomic E-state index is 11.6. The van der Waals surface area contributed by atoms with Gasteiger partial charge in [0.15, 0.2) is 0 Å². The summed E-state index contributed by atoms with van der Waals surface area (Å²) in [5.74, 6) is -0.132. The Kier molecular flexibility index (Phi) is 5.10. The number of amides is 1. The summed E-state index contributed by atoms with van der Waals surface area (Å²) in [7, 11) is 0. The first kappa shape index (κ1) is 15.2. The Bertz CT molecular complexity index is 461. The van der Waals surface area contributed by atoms with Crippen molar-refractivity contribution in [3.05, 3.63) is 29.8 Å². The molecule has 0 atom stereocenters. The molecule has 1 rings (SSSR count). The number of carbonyl (C=O) groups is 2. The van der Waals surface area contributed by atoms with Crippen molar-refractivity contribution in [1.82, 2.24) is 5.32 Å². The molecule has 1 aromatic rings. The lowest BCUT2D eigenvalue weighted by Gasteiger charge is -2.17. The van der Waals surface area contributed by atoms with Crippen molar-refractivity contribution in [3.8, 4) is 5.75 Å². The van der Waals surface area contributed by atoms with E-state index in [2.05, 4.69) is 5.32 Å². The standard InChI is InChI=1S/C15H21NO3/c1-5-11-7-6-8-12(9-11)19-13(17)10-16-14(18)15(2,3)4/h6-9H,5,10H2,1-4H3,(H,16,18). The lowest BCUT2D eigenvalue weighted by atomic mass is 9.96. The fourth-order valence-corrected chi connectivity index (χ4v) is 1.41. The molecule has 0 radical (unpaired) electrons. The van der Waals surface area contributed by atoms with Gasteiger partial charge < -0.3 is 10.1 Å². The molecule has 0 saturated carbocycles. The van der Waals surface area contributed by atoms with E-state index in [1.165, 1.54) is 0 Å². The molecule has 0 spiro atoms. The van der Waals surface area contributed by atoms with E-state index in [1.54, 1.807) is 26.8 Å². The summed E-state index contributed by atoms with van der Waals surface area (Å²) in [6.45, 7) is 7.28. The first-order valence-electron chi connectivity index (χ1n) is 6.41. The Labute approximate surface area is 114 Å². The van der Waals surface area contributed by atoms with Gasteiger partial charge in [-0.1, -0.05) is 39.8 Å². The molecule has 0 heterocycles. The average molecular weight is 263 g/mol. The Morgan fingerprint density at radius 3 is 2.53 bits per heavy atom. The Balaban J connectivity index is 2.49. The number of carbonyl (C=O) groups excluding carboxylic acids is 2. The maximum atomic E-state index is 11.6. The van der Waals surface area contributed by atoms with Crippen molar-refractivity contribution in [2.45, 2.75) is 34.1 Å². The van der Waals surface area contributed by atoms with Gasteiger partial charge in [0.2, 0.25) is 5.91 Å². The van der Waals surface area contributed by atoms with E-state index in [0.29, 0.717) is 5.75 Å². The van der Waals surface area contributed by atoms with Gasteiger partial charge in [0, 0.05) is 5.41 Å². The second kappa shape index (κ2) is 6.36. The highest BCUT2D eigenvalue weighted by atomic mass is 16.5. The Hall–Kier alpha value is -1.84. The largest absolute Gasteiger partial charge is 0.425 e. The van der Waals surface area contributed by atoms with Crippen molar-refractivity contribution in [2.75, 3.05) is 6.54 Å². The van der Waals surface area contributed by atoms with E-state index in [-0.39, 0.29) is 12.5 Å². The fraction of sp³-hybridized carbons (Fsp3) is 0.467. The number of benzene rings is 1. The molecule has 19 heavy (non-hydrogen) atoms. The van der Waals surface area contributed by atoms with Crippen molar-refractivity contribution in [1.29, 1.82) is 0 Å². The Morgan fingerprint density at radius 2 is 1.95 bits per heavy atom. The zero-order chi connectivity index (χ0) is 14.5. The summed E-state index contributed by atoms with van der Waals surface area (Å²) >= 11 is 0. The fourth-order valence-electron chi connectivity index (χ4n) is 1.41. The van der Waals surface area contributed by atoms with Gasteiger partial charge in [0.25, 0.3) is 0 Å². The van der Waals surface area contributed by atoms with Crippen LogP contribution < -0.4 is 10.1 Å². The van der Waals surface area contributed by atoms with Crippen LogP contribution in [0, 0.1) is 5.41 Å². The van der Waals surface area contributed by atoms with Crippen LogP contribution >= 0.6 is 0 Å². The van der Waals surface area contributed by atoms with Gasteiger partial charge in [0.1, 0.15) is 12.3 Å². The van der Waals surface area contributed by atoms with Crippen molar-refractivity contribution >= 4 is 11.9 Å².